The number of nitrogens with one attached hydrogen (secondary N) is 1. The van der Waals surface area contributed by atoms with Crippen molar-refractivity contribution in [2.45, 2.75) is 63.0 Å². The van der Waals surface area contributed by atoms with E-state index in [1.807, 2.05) is 18.8 Å². The molecule has 0 radical (unpaired) electrons. The van der Waals surface area contributed by atoms with Gasteiger partial charge in [0.25, 0.3) is 0 Å². The fraction of sp³-hybridized carbons (Fsp3) is 0.857. The van der Waals surface area contributed by atoms with Gasteiger partial charge in [0.1, 0.15) is 0 Å². The topological polar surface area (TPSA) is 51.0 Å². The van der Waals surface area contributed by atoms with Crippen LogP contribution >= 0.6 is 11.8 Å². The van der Waals surface area contributed by atoms with E-state index < -0.39 is 0 Å². The molecule has 4 nitrogen and oxygen atoms in total. The molecule has 1 atom stereocenters. The van der Waals surface area contributed by atoms with Gasteiger partial charge in [0, 0.05) is 12.5 Å². The first-order valence-corrected chi connectivity index (χ1v) is 8.34. The molecule has 0 spiro atoms. The molecule has 108 valence electrons. The number of rotatable bonds is 7. The van der Waals surface area contributed by atoms with Crippen molar-refractivity contribution in [2.24, 2.45) is 5.92 Å². The summed E-state index contributed by atoms with van der Waals surface area (Å²) in [6.07, 6.45) is 6.25. The Balaban J connectivity index is 1.87. The molecular weight excluding hydrogens is 258 g/mol. The third-order valence-electron chi connectivity index (χ3n) is 3.79. The Morgan fingerprint density at radius 2 is 2.11 bits per heavy atom. The lowest BCUT2D eigenvalue weighted by atomic mass is 9.95. The molecule has 19 heavy (non-hydrogen) atoms. The zero-order valence-electron chi connectivity index (χ0n) is 12.2. The van der Waals surface area contributed by atoms with Crippen molar-refractivity contribution in [3.05, 3.63) is 11.7 Å². The van der Waals surface area contributed by atoms with E-state index in [2.05, 4.69) is 29.3 Å². The monoisotopic (exact) mass is 283 g/mol. The molecule has 1 aromatic heterocycles. The fourth-order valence-electron chi connectivity index (χ4n) is 2.73. The lowest BCUT2D eigenvalue weighted by molar-refractivity contribution is 0.317. The number of thioether (sulfide) groups is 1. The standard InChI is InChI=1S/C14H25N3OS/c1-10(2)19-9-13-16-14(18-17-13)8-12(15-3)11-6-4-5-7-11/h10-12,15H,4-9H2,1-3H3. The second-order valence-electron chi connectivity index (χ2n) is 5.61. The predicted molar refractivity (Wildman–Crippen MR) is 79.2 cm³/mol. The van der Waals surface area contributed by atoms with E-state index in [1.165, 1.54) is 25.7 Å². The van der Waals surface area contributed by atoms with Gasteiger partial charge >= 0.3 is 0 Å². The Labute approximate surface area is 120 Å². The largest absolute Gasteiger partial charge is 0.339 e. The number of aromatic nitrogens is 2. The average Bonchev–Trinajstić information content (AvgIpc) is 3.05. The molecule has 1 aliphatic rings. The minimum Gasteiger partial charge on any atom is -0.339 e. The molecule has 0 bridgehead atoms. The molecular formula is C14H25N3OS. The molecule has 0 aromatic carbocycles. The van der Waals surface area contributed by atoms with Crippen molar-refractivity contribution in [1.82, 2.24) is 15.5 Å². The van der Waals surface area contributed by atoms with E-state index in [0.29, 0.717) is 11.3 Å². The summed E-state index contributed by atoms with van der Waals surface area (Å²) in [6, 6.07) is 0.480. The number of hydrogen-bond acceptors (Lipinski definition) is 5. The molecule has 1 heterocycles. The Morgan fingerprint density at radius 1 is 1.37 bits per heavy atom. The molecule has 1 fully saturated rings. The maximum atomic E-state index is 5.37. The van der Waals surface area contributed by atoms with Crippen molar-refractivity contribution in [1.29, 1.82) is 0 Å². The van der Waals surface area contributed by atoms with Crippen LogP contribution in [-0.2, 0) is 12.2 Å². The maximum Gasteiger partial charge on any atom is 0.228 e. The summed E-state index contributed by atoms with van der Waals surface area (Å²) < 4.78 is 5.37. The van der Waals surface area contributed by atoms with Crippen LogP contribution in [0.5, 0.6) is 0 Å². The maximum absolute atomic E-state index is 5.37. The Morgan fingerprint density at radius 3 is 2.74 bits per heavy atom. The van der Waals surface area contributed by atoms with E-state index >= 15 is 0 Å². The van der Waals surface area contributed by atoms with E-state index in [9.17, 15) is 0 Å². The van der Waals surface area contributed by atoms with E-state index in [-0.39, 0.29) is 0 Å². The van der Waals surface area contributed by atoms with Gasteiger partial charge in [-0.1, -0.05) is 31.8 Å². The second kappa shape index (κ2) is 7.29. The lowest BCUT2D eigenvalue weighted by Gasteiger charge is -2.20. The van der Waals surface area contributed by atoms with E-state index in [1.54, 1.807) is 0 Å². The van der Waals surface area contributed by atoms with Crippen LogP contribution in [0.2, 0.25) is 0 Å². The highest BCUT2D eigenvalue weighted by atomic mass is 32.2. The molecule has 0 aliphatic heterocycles. The van der Waals surface area contributed by atoms with Crippen molar-refractivity contribution in [3.63, 3.8) is 0 Å². The molecule has 1 N–H and O–H groups in total. The molecule has 0 amide bonds. The zero-order chi connectivity index (χ0) is 13.7. The van der Waals surface area contributed by atoms with E-state index in [4.69, 9.17) is 4.52 Å². The van der Waals surface area contributed by atoms with Crippen LogP contribution in [0.25, 0.3) is 0 Å². The fourth-order valence-corrected chi connectivity index (χ4v) is 3.32. The first-order chi connectivity index (χ1) is 9.19. The van der Waals surface area contributed by atoms with Crippen molar-refractivity contribution in [2.75, 3.05) is 7.05 Å². The normalized spacial score (nSPS) is 18.3. The van der Waals surface area contributed by atoms with Gasteiger partial charge in [0.15, 0.2) is 5.82 Å². The lowest BCUT2D eigenvalue weighted by Crippen LogP contribution is -2.34. The van der Waals surface area contributed by atoms with Crippen molar-refractivity contribution in [3.8, 4) is 0 Å². The van der Waals surface area contributed by atoms with Crippen molar-refractivity contribution < 1.29 is 4.52 Å². The third kappa shape index (κ3) is 4.49. The van der Waals surface area contributed by atoms with Crippen LogP contribution in [0.3, 0.4) is 0 Å². The van der Waals surface area contributed by atoms with Gasteiger partial charge in [0.2, 0.25) is 5.89 Å². The van der Waals surface area contributed by atoms with Crippen LogP contribution in [0.15, 0.2) is 4.52 Å². The van der Waals surface area contributed by atoms with Crippen molar-refractivity contribution >= 4 is 11.8 Å². The van der Waals surface area contributed by atoms with Gasteiger partial charge in [0.05, 0.1) is 5.75 Å². The number of hydrogen-bond donors (Lipinski definition) is 1. The van der Waals surface area contributed by atoms with Crippen LogP contribution < -0.4 is 5.32 Å². The van der Waals surface area contributed by atoms with Gasteiger partial charge in [-0.2, -0.15) is 16.7 Å². The summed E-state index contributed by atoms with van der Waals surface area (Å²) in [5, 5.41) is 8.09. The van der Waals surface area contributed by atoms with Gasteiger partial charge < -0.3 is 9.84 Å². The molecule has 0 saturated heterocycles. The summed E-state index contributed by atoms with van der Waals surface area (Å²) in [5.41, 5.74) is 0. The smallest absolute Gasteiger partial charge is 0.228 e. The summed E-state index contributed by atoms with van der Waals surface area (Å²) in [4.78, 5) is 4.50. The zero-order valence-corrected chi connectivity index (χ0v) is 13.0. The minimum atomic E-state index is 0.480. The quantitative estimate of drug-likeness (QED) is 0.833. The third-order valence-corrected chi connectivity index (χ3v) is 4.88. The highest BCUT2D eigenvalue weighted by Gasteiger charge is 2.25. The highest BCUT2D eigenvalue weighted by Crippen LogP contribution is 2.29. The average molecular weight is 283 g/mol. The first-order valence-electron chi connectivity index (χ1n) is 7.29. The van der Waals surface area contributed by atoms with Gasteiger partial charge in [-0.05, 0) is 31.1 Å². The molecule has 1 aromatic rings. The summed E-state index contributed by atoms with van der Waals surface area (Å²) >= 11 is 1.85. The number of nitrogens with zero attached hydrogens (tertiary/aromatic N) is 2. The van der Waals surface area contributed by atoms with Gasteiger partial charge in [-0.3, -0.25) is 0 Å². The highest BCUT2D eigenvalue weighted by molar-refractivity contribution is 7.99. The Hall–Kier alpha value is -0.550. The molecule has 1 saturated carbocycles. The molecule has 2 rings (SSSR count). The summed E-state index contributed by atoms with van der Waals surface area (Å²) in [6.45, 7) is 4.37. The summed E-state index contributed by atoms with van der Waals surface area (Å²) in [5.74, 6) is 3.22. The van der Waals surface area contributed by atoms with Crippen LogP contribution in [0.1, 0.15) is 51.2 Å². The van der Waals surface area contributed by atoms with E-state index in [0.717, 1.165) is 29.8 Å². The molecule has 1 unspecified atom stereocenters. The van der Waals surface area contributed by atoms with Crippen LogP contribution in [-0.4, -0.2) is 28.5 Å². The Bertz CT molecular complexity index is 375. The van der Waals surface area contributed by atoms with Crippen LogP contribution in [0.4, 0.5) is 0 Å². The first kappa shape index (κ1) is 14.9. The molecule has 5 heteroatoms. The predicted octanol–water partition coefficient (Wildman–Crippen LogP) is 3.03. The van der Waals surface area contributed by atoms with Crippen LogP contribution in [0, 0.1) is 5.92 Å². The Kier molecular flexibility index (Phi) is 5.70. The SMILES string of the molecule is CNC(Cc1nc(CSC(C)C)no1)C1CCCC1. The number of likely N-dealkylation sites (N-methyl/N-ethyl adjacent to an activating group) is 1. The second-order valence-corrected chi connectivity index (χ2v) is 7.17. The van der Waals surface area contributed by atoms with Gasteiger partial charge in [-0.15, -0.1) is 0 Å². The summed E-state index contributed by atoms with van der Waals surface area (Å²) in [7, 11) is 2.04. The van der Waals surface area contributed by atoms with Gasteiger partial charge in [-0.25, -0.2) is 0 Å². The molecule has 1 aliphatic carbocycles. The minimum absolute atomic E-state index is 0.480.